The molecule has 2 heterocycles. The summed E-state index contributed by atoms with van der Waals surface area (Å²) in [5, 5.41) is 7.87. The summed E-state index contributed by atoms with van der Waals surface area (Å²) in [6.07, 6.45) is 10.1. The van der Waals surface area contributed by atoms with Gasteiger partial charge in [-0.1, -0.05) is 56.3 Å². The SMILES string of the molecule is CC(C)C[C@@H](NC(=O)C(/C=C/c1ccccc1)NC(=O)c1cnccn1)B1OCCCCN(CCOC(=O)NC(P(O)O)[PH](=O)O)CCCCO1. The topological polar surface area (TPSA) is 222 Å². The second-order valence-electron chi connectivity index (χ2n) is 12.3. The van der Waals surface area contributed by atoms with Gasteiger partial charge in [0, 0.05) is 32.2 Å². The van der Waals surface area contributed by atoms with Gasteiger partial charge < -0.3 is 44.7 Å². The third kappa shape index (κ3) is 16.3. The molecule has 1 aliphatic heterocycles. The Balaban J connectivity index is 1.60. The number of hydrogen-bond acceptors (Lipinski definition) is 12. The average molecular weight is 751 g/mol. The monoisotopic (exact) mass is 750 g/mol. The van der Waals surface area contributed by atoms with Gasteiger partial charge in [-0.05, 0) is 56.7 Å². The Bertz CT molecular complexity index is 1390. The molecule has 51 heavy (non-hydrogen) atoms. The van der Waals surface area contributed by atoms with Crippen LogP contribution in [0.5, 0.6) is 0 Å². The van der Waals surface area contributed by atoms with E-state index in [-0.39, 0.29) is 18.2 Å². The maximum atomic E-state index is 13.8. The van der Waals surface area contributed by atoms with Crippen molar-refractivity contribution in [2.75, 3.05) is 39.5 Å². The predicted molar refractivity (Wildman–Crippen MR) is 194 cm³/mol. The summed E-state index contributed by atoms with van der Waals surface area (Å²) < 4.78 is 28.8. The maximum Gasteiger partial charge on any atom is 0.480 e. The molecule has 3 rings (SSSR count). The summed E-state index contributed by atoms with van der Waals surface area (Å²) in [7, 11) is -6.94. The number of carbonyl (C=O) groups is 3. The molecule has 1 saturated heterocycles. The Kier molecular flexibility index (Phi) is 19.3. The molecule has 3 unspecified atom stereocenters. The Morgan fingerprint density at radius 3 is 2.31 bits per heavy atom. The van der Waals surface area contributed by atoms with E-state index < -0.39 is 58.9 Å². The molecule has 0 saturated carbocycles. The molecule has 280 valence electrons. The summed E-state index contributed by atoms with van der Waals surface area (Å²) in [5.41, 5.74) is -0.703. The zero-order valence-electron chi connectivity index (χ0n) is 28.9. The maximum absolute atomic E-state index is 13.8. The molecule has 1 aromatic carbocycles. The molecule has 3 amide bonds. The third-order valence-electron chi connectivity index (χ3n) is 7.69. The standard InChI is InChI=1S/C32H49BN6O10P2/c1-24(2)22-28(37-29(40)26(13-12-25-10-4-3-5-11-25)36-30(41)27-23-34-14-15-35-27)33-48-19-8-6-16-39(17-7-9-20-49-33)18-21-47-31(42)38-32(50(43)44)51(45)46/h3-5,10-15,23-24,26,28,32,43-44,51H,6-9,16-22H2,1-2H3,(H,36,41)(H,37,40)(H,38,42)(H,45,46)/b13-12+/t26?,28-,32?/m1/s1. The van der Waals surface area contributed by atoms with Gasteiger partial charge >= 0.3 is 13.2 Å². The van der Waals surface area contributed by atoms with E-state index in [2.05, 4.69) is 25.5 Å². The zero-order valence-corrected chi connectivity index (χ0v) is 30.8. The Morgan fingerprint density at radius 1 is 1.04 bits per heavy atom. The lowest BCUT2D eigenvalue weighted by atomic mass is 9.73. The highest BCUT2D eigenvalue weighted by Gasteiger charge is 2.34. The van der Waals surface area contributed by atoms with Crippen molar-refractivity contribution >= 4 is 47.5 Å². The molecule has 1 fully saturated rings. The van der Waals surface area contributed by atoms with Gasteiger partial charge in [0.05, 0.1) is 12.1 Å². The van der Waals surface area contributed by atoms with E-state index in [1.165, 1.54) is 18.6 Å². The van der Waals surface area contributed by atoms with Gasteiger partial charge in [-0.25, -0.2) is 9.78 Å². The van der Waals surface area contributed by atoms with Crippen LogP contribution in [0, 0.1) is 5.92 Å². The predicted octanol–water partition coefficient (Wildman–Crippen LogP) is 2.53. The van der Waals surface area contributed by atoms with Crippen molar-refractivity contribution < 1.29 is 47.7 Å². The molecule has 4 atom stereocenters. The first-order valence-corrected chi connectivity index (χ1v) is 19.7. The summed E-state index contributed by atoms with van der Waals surface area (Å²) in [6, 6.07) is 8.42. The lowest BCUT2D eigenvalue weighted by Crippen LogP contribution is -2.55. The van der Waals surface area contributed by atoms with E-state index in [0.717, 1.165) is 18.4 Å². The average Bonchev–Trinajstić information content (AvgIpc) is 3.10. The summed E-state index contributed by atoms with van der Waals surface area (Å²) in [4.78, 5) is 76.6. The number of alkyl carbamates (subject to hydrolysis) is 1. The fourth-order valence-corrected chi connectivity index (χ4v) is 6.40. The fourth-order valence-electron chi connectivity index (χ4n) is 5.15. The van der Waals surface area contributed by atoms with Crippen LogP contribution in [0.3, 0.4) is 0 Å². The van der Waals surface area contributed by atoms with Crippen LogP contribution < -0.4 is 16.0 Å². The van der Waals surface area contributed by atoms with E-state index in [4.69, 9.17) is 14.0 Å². The largest absolute Gasteiger partial charge is 0.480 e. The van der Waals surface area contributed by atoms with Gasteiger partial charge in [0.2, 0.25) is 13.9 Å². The van der Waals surface area contributed by atoms with Gasteiger partial charge in [-0.3, -0.25) is 24.0 Å². The van der Waals surface area contributed by atoms with Crippen molar-refractivity contribution in [2.45, 2.75) is 63.5 Å². The minimum atomic E-state index is -3.40. The Hall–Kier alpha value is -3.27. The smallest absolute Gasteiger partial charge is 0.448 e. The van der Waals surface area contributed by atoms with Crippen LogP contribution in [0.1, 0.15) is 62.0 Å². The number of amides is 3. The summed E-state index contributed by atoms with van der Waals surface area (Å²) in [6.45, 7) is 6.67. The highest BCUT2D eigenvalue weighted by molar-refractivity contribution is 7.61. The van der Waals surface area contributed by atoms with Crippen LogP contribution in [0.25, 0.3) is 6.08 Å². The number of hydrogen-bond donors (Lipinski definition) is 6. The van der Waals surface area contributed by atoms with Crippen molar-refractivity contribution in [3.8, 4) is 0 Å². The highest BCUT2D eigenvalue weighted by atomic mass is 31.2. The third-order valence-corrected chi connectivity index (χ3v) is 10.2. The van der Waals surface area contributed by atoms with Crippen LogP contribution >= 0.6 is 16.4 Å². The van der Waals surface area contributed by atoms with Crippen molar-refractivity contribution in [1.29, 1.82) is 0 Å². The first kappa shape index (κ1) is 42.1. The van der Waals surface area contributed by atoms with Crippen LogP contribution in [0.2, 0.25) is 0 Å². The van der Waals surface area contributed by atoms with E-state index in [1.54, 1.807) is 12.2 Å². The normalized spacial score (nSPS) is 17.5. The van der Waals surface area contributed by atoms with E-state index in [0.29, 0.717) is 52.1 Å². The summed E-state index contributed by atoms with van der Waals surface area (Å²) in [5.74, 6) is -1.27. The lowest BCUT2D eigenvalue weighted by Gasteiger charge is -2.28. The molecule has 0 aliphatic carbocycles. The van der Waals surface area contributed by atoms with Gasteiger partial charge in [-0.15, -0.1) is 0 Å². The van der Waals surface area contributed by atoms with Gasteiger partial charge in [0.15, 0.2) is 13.9 Å². The summed E-state index contributed by atoms with van der Waals surface area (Å²) >= 11 is 0. The van der Waals surface area contributed by atoms with Gasteiger partial charge in [-0.2, -0.15) is 0 Å². The molecule has 1 aliphatic rings. The molecule has 19 heteroatoms. The zero-order chi connectivity index (χ0) is 37.0. The molecular formula is C32H49BN6O10P2. The lowest BCUT2D eigenvalue weighted by molar-refractivity contribution is -0.122. The number of rotatable bonds is 15. The molecule has 0 radical (unpaired) electrons. The van der Waals surface area contributed by atoms with Crippen molar-refractivity contribution in [3.63, 3.8) is 0 Å². The quantitative estimate of drug-likeness (QED) is 0.114. The highest BCUT2D eigenvalue weighted by Crippen LogP contribution is 2.42. The Morgan fingerprint density at radius 2 is 1.73 bits per heavy atom. The minimum absolute atomic E-state index is 0.00604. The molecule has 1 aromatic heterocycles. The van der Waals surface area contributed by atoms with Crippen LogP contribution in [-0.4, -0.2) is 112 Å². The molecule has 2 aromatic rings. The van der Waals surface area contributed by atoms with Crippen LogP contribution in [0.4, 0.5) is 4.79 Å². The number of nitrogens with zero attached hydrogens (tertiary/aromatic N) is 3. The number of carbonyl (C=O) groups excluding carboxylic acids is 3. The molecule has 6 N–H and O–H groups in total. The molecule has 0 spiro atoms. The number of nitrogens with one attached hydrogen (secondary N) is 3. The van der Waals surface area contributed by atoms with E-state index in [9.17, 15) is 33.6 Å². The second kappa shape index (κ2) is 23.3. The fraction of sp³-hybridized carbons (Fsp3) is 0.531. The van der Waals surface area contributed by atoms with Crippen molar-refractivity contribution in [3.05, 3.63) is 66.3 Å². The molecule has 16 nitrogen and oxygen atoms in total. The van der Waals surface area contributed by atoms with Gasteiger partial charge in [0.25, 0.3) is 5.91 Å². The Labute approximate surface area is 300 Å². The van der Waals surface area contributed by atoms with Crippen molar-refractivity contribution in [1.82, 2.24) is 30.8 Å². The molecular weight excluding hydrogens is 701 g/mol. The van der Waals surface area contributed by atoms with Crippen LogP contribution in [0.15, 0.2) is 55.0 Å². The number of ether oxygens (including phenoxy) is 1. The first-order valence-electron chi connectivity index (χ1n) is 16.9. The number of benzene rings is 1. The second-order valence-corrected chi connectivity index (χ2v) is 15.2. The first-order chi connectivity index (χ1) is 24.5. The van der Waals surface area contributed by atoms with Crippen molar-refractivity contribution in [2.24, 2.45) is 5.92 Å². The van der Waals surface area contributed by atoms with E-state index >= 15 is 0 Å². The molecule has 0 bridgehead atoms. The number of aromatic nitrogens is 2. The van der Waals surface area contributed by atoms with Gasteiger partial charge in [0.1, 0.15) is 18.3 Å². The van der Waals surface area contributed by atoms with Crippen LogP contribution in [-0.2, 0) is 23.4 Å². The van der Waals surface area contributed by atoms with E-state index in [1.807, 2.05) is 49.5 Å². The minimum Gasteiger partial charge on any atom is -0.448 e.